The number of ether oxygens (including phenoxy) is 1. The zero-order valence-electron chi connectivity index (χ0n) is 30.0. The van der Waals surface area contributed by atoms with Crippen molar-refractivity contribution in [3.8, 4) is 11.1 Å². The number of piperidine rings is 1. The van der Waals surface area contributed by atoms with Gasteiger partial charge in [0.2, 0.25) is 0 Å². The molecule has 2 aliphatic heterocycles. The van der Waals surface area contributed by atoms with Crippen molar-refractivity contribution < 1.29 is 9.53 Å². The highest BCUT2D eigenvalue weighted by Crippen LogP contribution is 2.43. The van der Waals surface area contributed by atoms with E-state index in [0.29, 0.717) is 11.8 Å². The SMILES string of the molecule is CC.CC.CCc1cccc(-c2c(Cl)cccc2C(CCCCOC)C2CCCN(C(=O)c3ccc(CN4CCNCC4)cc3)C2)c1. The minimum atomic E-state index is 0.151. The monoisotopic (exact) mass is 661 g/mol. The van der Waals surface area contributed by atoms with Crippen LogP contribution < -0.4 is 5.32 Å². The highest BCUT2D eigenvalue weighted by atomic mass is 35.5. The lowest BCUT2D eigenvalue weighted by atomic mass is 9.75. The lowest BCUT2D eigenvalue weighted by Crippen LogP contribution is -2.43. The Labute approximate surface area is 291 Å². The number of carbonyl (C=O) groups excluding carboxylic acids is 1. The first-order chi connectivity index (χ1) is 23.1. The number of hydrogen-bond donors (Lipinski definition) is 1. The van der Waals surface area contributed by atoms with Gasteiger partial charge in [-0.25, -0.2) is 0 Å². The number of benzene rings is 3. The largest absolute Gasteiger partial charge is 0.385 e. The molecule has 5 rings (SSSR count). The number of aryl methyl sites for hydroxylation is 1. The number of unbranched alkanes of at least 4 members (excludes halogenated alkanes) is 1. The molecule has 5 nitrogen and oxygen atoms in total. The van der Waals surface area contributed by atoms with E-state index in [4.69, 9.17) is 16.3 Å². The summed E-state index contributed by atoms with van der Waals surface area (Å²) >= 11 is 6.97. The van der Waals surface area contributed by atoms with Crippen LogP contribution in [0.25, 0.3) is 11.1 Å². The van der Waals surface area contributed by atoms with Crippen LogP contribution in [-0.2, 0) is 17.7 Å². The molecule has 1 amide bonds. The number of hydrogen-bond acceptors (Lipinski definition) is 4. The molecule has 47 heavy (non-hydrogen) atoms. The maximum atomic E-state index is 13.8. The lowest BCUT2D eigenvalue weighted by molar-refractivity contribution is 0.0651. The summed E-state index contributed by atoms with van der Waals surface area (Å²) in [6, 6.07) is 23.5. The zero-order valence-corrected chi connectivity index (χ0v) is 30.7. The highest BCUT2D eigenvalue weighted by molar-refractivity contribution is 6.33. The summed E-state index contributed by atoms with van der Waals surface area (Å²) in [7, 11) is 1.77. The standard InChI is InChI=1S/C37H48ClN3O2.2C2H6/c1-3-28-9-6-10-31(25-28)36-34(13-7-14-35(36)38)33(12-4-5-24-43-2)32-11-8-21-41(27-32)37(42)30-17-15-29(16-18-30)26-40-22-19-39-20-23-40;2*1-2/h6-7,9-10,13-18,25,32-33,39H,3-5,8,11-12,19-24,26-27H2,1-2H3;2*1-2H3. The first kappa shape index (κ1) is 38.7. The molecule has 2 unspecified atom stereocenters. The molecule has 2 heterocycles. The number of carbonyl (C=O) groups is 1. The molecule has 0 aliphatic carbocycles. The fourth-order valence-electron chi connectivity index (χ4n) is 6.94. The average Bonchev–Trinajstić information content (AvgIpc) is 3.14. The molecule has 0 aromatic heterocycles. The molecule has 3 aromatic rings. The van der Waals surface area contributed by atoms with E-state index in [1.807, 2.05) is 45.9 Å². The molecule has 2 atom stereocenters. The van der Waals surface area contributed by atoms with E-state index in [1.165, 1.54) is 22.3 Å². The summed E-state index contributed by atoms with van der Waals surface area (Å²) < 4.78 is 5.38. The van der Waals surface area contributed by atoms with Gasteiger partial charge < -0.3 is 15.0 Å². The highest BCUT2D eigenvalue weighted by Gasteiger charge is 2.32. The maximum Gasteiger partial charge on any atom is 0.253 e. The number of halogens is 1. The Kier molecular flexibility index (Phi) is 17.6. The Morgan fingerprint density at radius 3 is 2.36 bits per heavy atom. The number of nitrogens with one attached hydrogen (secondary N) is 1. The average molecular weight is 662 g/mol. The van der Waals surface area contributed by atoms with Crippen LogP contribution in [0.15, 0.2) is 66.7 Å². The van der Waals surface area contributed by atoms with Gasteiger partial charge >= 0.3 is 0 Å². The summed E-state index contributed by atoms with van der Waals surface area (Å²) in [5.74, 6) is 0.838. The van der Waals surface area contributed by atoms with Crippen LogP contribution in [0.4, 0.5) is 0 Å². The quantitative estimate of drug-likeness (QED) is 0.196. The van der Waals surface area contributed by atoms with Crippen molar-refractivity contribution in [3.63, 3.8) is 0 Å². The number of amides is 1. The molecule has 6 heteroatoms. The third-order valence-corrected chi connectivity index (χ3v) is 9.63. The number of rotatable bonds is 12. The second-order valence-electron chi connectivity index (χ2n) is 12.2. The number of likely N-dealkylation sites (tertiary alicyclic amines) is 1. The predicted octanol–water partition coefficient (Wildman–Crippen LogP) is 9.48. The fourth-order valence-corrected chi connectivity index (χ4v) is 7.23. The Morgan fingerprint density at radius 2 is 1.66 bits per heavy atom. The molecule has 258 valence electrons. The fraction of sp³-hybridized carbons (Fsp3) is 0.537. The molecular formula is C41H60ClN3O2. The van der Waals surface area contributed by atoms with Gasteiger partial charge in [-0.3, -0.25) is 9.69 Å². The minimum absolute atomic E-state index is 0.151. The second kappa shape index (κ2) is 21.3. The van der Waals surface area contributed by atoms with Crippen LogP contribution in [0.3, 0.4) is 0 Å². The van der Waals surface area contributed by atoms with Crippen LogP contribution in [-0.4, -0.2) is 68.7 Å². The van der Waals surface area contributed by atoms with E-state index in [1.54, 1.807) is 7.11 Å². The van der Waals surface area contributed by atoms with Gasteiger partial charge in [0.15, 0.2) is 0 Å². The predicted molar refractivity (Wildman–Crippen MR) is 201 cm³/mol. The first-order valence-corrected chi connectivity index (χ1v) is 18.6. The van der Waals surface area contributed by atoms with Gasteiger partial charge in [0.1, 0.15) is 0 Å². The third-order valence-electron chi connectivity index (χ3n) is 9.31. The first-order valence-electron chi connectivity index (χ1n) is 18.2. The summed E-state index contributed by atoms with van der Waals surface area (Å²) in [6.45, 7) is 17.7. The molecule has 3 aromatic carbocycles. The van der Waals surface area contributed by atoms with Gasteiger partial charge in [0.25, 0.3) is 5.91 Å². The van der Waals surface area contributed by atoms with Crippen LogP contribution in [0.1, 0.15) is 99.7 Å². The Hall–Kier alpha value is -2.70. The Bertz CT molecular complexity index is 1320. The van der Waals surface area contributed by atoms with Crippen molar-refractivity contribution in [1.82, 2.24) is 15.1 Å². The normalized spacial score (nSPS) is 17.2. The molecule has 0 radical (unpaired) electrons. The van der Waals surface area contributed by atoms with Gasteiger partial charge in [0, 0.05) is 75.7 Å². The van der Waals surface area contributed by atoms with Gasteiger partial charge in [-0.1, -0.05) is 101 Å². The molecule has 0 bridgehead atoms. The molecular weight excluding hydrogens is 602 g/mol. The third kappa shape index (κ3) is 11.2. The van der Waals surface area contributed by atoms with Crippen LogP contribution in [0.2, 0.25) is 5.02 Å². The molecule has 2 fully saturated rings. The van der Waals surface area contributed by atoms with Gasteiger partial charge in [-0.05, 0) is 84.4 Å². The van der Waals surface area contributed by atoms with Gasteiger partial charge in [-0.2, -0.15) is 0 Å². The summed E-state index contributed by atoms with van der Waals surface area (Å²) in [6.07, 6.45) is 6.29. The topological polar surface area (TPSA) is 44.8 Å². The van der Waals surface area contributed by atoms with Gasteiger partial charge in [0.05, 0.1) is 0 Å². The molecule has 0 saturated carbocycles. The van der Waals surface area contributed by atoms with Gasteiger partial charge in [-0.15, -0.1) is 0 Å². The maximum absolute atomic E-state index is 13.8. The minimum Gasteiger partial charge on any atom is -0.385 e. The van der Waals surface area contributed by atoms with Crippen molar-refractivity contribution in [2.75, 3.05) is 53.0 Å². The Morgan fingerprint density at radius 1 is 0.936 bits per heavy atom. The van der Waals surface area contributed by atoms with E-state index in [2.05, 4.69) is 70.6 Å². The molecule has 1 N–H and O–H groups in total. The molecule has 0 spiro atoms. The smallest absolute Gasteiger partial charge is 0.253 e. The van der Waals surface area contributed by atoms with Crippen molar-refractivity contribution >= 4 is 17.5 Å². The van der Waals surface area contributed by atoms with Crippen molar-refractivity contribution in [2.45, 2.75) is 85.6 Å². The van der Waals surface area contributed by atoms with E-state index in [9.17, 15) is 4.79 Å². The number of piperazine rings is 1. The van der Waals surface area contributed by atoms with Crippen molar-refractivity contribution in [3.05, 3.63) is 94.0 Å². The van der Waals surface area contributed by atoms with Crippen molar-refractivity contribution in [1.29, 1.82) is 0 Å². The lowest BCUT2D eigenvalue weighted by Gasteiger charge is -2.38. The van der Waals surface area contributed by atoms with E-state index >= 15 is 0 Å². The summed E-state index contributed by atoms with van der Waals surface area (Å²) in [4.78, 5) is 18.4. The molecule has 2 saturated heterocycles. The van der Waals surface area contributed by atoms with Crippen LogP contribution >= 0.6 is 11.6 Å². The van der Waals surface area contributed by atoms with Crippen LogP contribution in [0.5, 0.6) is 0 Å². The number of methoxy groups -OCH3 is 1. The van der Waals surface area contributed by atoms with E-state index < -0.39 is 0 Å². The van der Waals surface area contributed by atoms with Crippen LogP contribution in [0, 0.1) is 5.92 Å². The van der Waals surface area contributed by atoms with Crippen molar-refractivity contribution in [2.24, 2.45) is 5.92 Å². The second-order valence-corrected chi connectivity index (χ2v) is 12.6. The Balaban J connectivity index is 0.00000144. The molecule has 2 aliphatic rings. The summed E-state index contributed by atoms with van der Waals surface area (Å²) in [5.41, 5.74) is 7.03. The van der Waals surface area contributed by atoms with E-state index in [-0.39, 0.29) is 5.91 Å². The number of nitrogens with zero attached hydrogens (tertiary/aromatic N) is 2. The van der Waals surface area contributed by atoms with E-state index in [0.717, 1.165) is 107 Å². The summed E-state index contributed by atoms with van der Waals surface area (Å²) in [5, 5.41) is 4.22. The zero-order chi connectivity index (χ0) is 34.0.